The molecule has 0 bridgehead atoms. The molecule has 0 aliphatic carbocycles. The van der Waals surface area contributed by atoms with Crippen LogP contribution in [-0.2, 0) is 11.2 Å². The monoisotopic (exact) mass is 299 g/mol. The number of hydrogen-bond acceptors (Lipinski definition) is 4. The maximum Gasteiger partial charge on any atom is 0.265 e. The first-order valence-electron chi connectivity index (χ1n) is 6.98. The van der Waals surface area contributed by atoms with Crippen LogP contribution in [0.1, 0.15) is 5.56 Å². The molecule has 1 amide bonds. The van der Waals surface area contributed by atoms with E-state index in [4.69, 9.17) is 14.2 Å². The Balaban J connectivity index is 1.73. The maximum atomic E-state index is 12.4. The number of rotatable bonds is 4. The molecular formula is C17H17NO4. The molecule has 1 N–H and O–H groups in total. The minimum Gasteiger partial charge on any atom is -0.497 e. The third kappa shape index (κ3) is 2.70. The largest absolute Gasteiger partial charge is 0.497 e. The summed E-state index contributed by atoms with van der Waals surface area (Å²) in [5.74, 6) is 1.78. The lowest BCUT2D eigenvalue weighted by Crippen LogP contribution is -2.31. The molecule has 2 aromatic carbocycles. The van der Waals surface area contributed by atoms with Gasteiger partial charge in [0, 0.05) is 12.5 Å². The van der Waals surface area contributed by atoms with Crippen molar-refractivity contribution in [3.05, 3.63) is 48.0 Å². The van der Waals surface area contributed by atoms with Crippen molar-refractivity contribution in [3.8, 4) is 17.2 Å². The second-order valence-corrected chi connectivity index (χ2v) is 4.97. The Hall–Kier alpha value is -2.69. The van der Waals surface area contributed by atoms with Crippen LogP contribution in [0.2, 0.25) is 0 Å². The van der Waals surface area contributed by atoms with Crippen molar-refractivity contribution in [2.45, 2.75) is 12.5 Å². The van der Waals surface area contributed by atoms with Gasteiger partial charge in [-0.1, -0.05) is 18.2 Å². The Morgan fingerprint density at radius 3 is 2.73 bits per heavy atom. The summed E-state index contributed by atoms with van der Waals surface area (Å²) in [5.41, 5.74) is 1.64. The molecule has 0 aromatic heterocycles. The molecule has 0 unspecified atom stereocenters. The number of ether oxygens (including phenoxy) is 3. The smallest absolute Gasteiger partial charge is 0.265 e. The first kappa shape index (κ1) is 14.3. The van der Waals surface area contributed by atoms with Crippen LogP contribution in [0.4, 0.5) is 5.69 Å². The number of fused-ring (bicyclic) bond motifs is 1. The third-order valence-electron chi connectivity index (χ3n) is 3.61. The lowest BCUT2D eigenvalue weighted by atomic mass is 10.1. The fourth-order valence-electron chi connectivity index (χ4n) is 2.44. The second-order valence-electron chi connectivity index (χ2n) is 4.97. The number of amides is 1. The number of para-hydroxylation sites is 1. The van der Waals surface area contributed by atoms with Crippen LogP contribution in [0.5, 0.6) is 17.2 Å². The Labute approximate surface area is 128 Å². The van der Waals surface area contributed by atoms with Crippen LogP contribution >= 0.6 is 0 Å². The molecule has 0 saturated heterocycles. The molecule has 1 aliphatic rings. The topological polar surface area (TPSA) is 56.8 Å². The van der Waals surface area contributed by atoms with Crippen molar-refractivity contribution in [2.24, 2.45) is 0 Å². The molecule has 1 aliphatic heterocycles. The summed E-state index contributed by atoms with van der Waals surface area (Å²) in [6.07, 6.45) is 0.0460. The predicted molar refractivity (Wildman–Crippen MR) is 82.7 cm³/mol. The first-order chi connectivity index (χ1) is 10.7. The number of anilines is 1. The number of carbonyl (C=O) groups is 1. The van der Waals surface area contributed by atoms with Crippen molar-refractivity contribution in [3.63, 3.8) is 0 Å². The highest BCUT2D eigenvalue weighted by atomic mass is 16.5. The van der Waals surface area contributed by atoms with Gasteiger partial charge in [0.15, 0.2) is 6.10 Å². The minimum absolute atomic E-state index is 0.195. The molecule has 0 saturated carbocycles. The van der Waals surface area contributed by atoms with Gasteiger partial charge in [-0.15, -0.1) is 0 Å². The quantitative estimate of drug-likeness (QED) is 0.943. The molecule has 1 heterocycles. The van der Waals surface area contributed by atoms with E-state index >= 15 is 0 Å². The van der Waals surface area contributed by atoms with E-state index in [-0.39, 0.29) is 5.91 Å². The molecule has 1 atom stereocenters. The van der Waals surface area contributed by atoms with Crippen molar-refractivity contribution < 1.29 is 19.0 Å². The predicted octanol–water partition coefficient (Wildman–Crippen LogP) is 2.65. The average molecular weight is 299 g/mol. The molecule has 2 aromatic rings. The summed E-state index contributed by atoms with van der Waals surface area (Å²) in [6, 6.07) is 12.9. The van der Waals surface area contributed by atoms with Crippen molar-refractivity contribution in [1.29, 1.82) is 0 Å². The number of hydrogen-bond donors (Lipinski definition) is 1. The average Bonchev–Trinajstić information content (AvgIpc) is 2.99. The third-order valence-corrected chi connectivity index (χ3v) is 3.61. The molecule has 114 valence electrons. The number of carbonyl (C=O) groups excluding carboxylic acids is 1. The molecule has 3 rings (SSSR count). The maximum absolute atomic E-state index is 12.4. The van der Waals surface area contributed by atoms with Gasteiger partial charge in [-0.25, -0.2) is 0 Å². The second kappa shape index (κ2) is 5.97. The van der Waals surface area contributed by atoms with E-state index in [1.807, 2.05) is 24.3 Å². The van der Waals surface area contributed by atoms with E-state index in [2.05, 4.69) is 5.32 Å². The van der Waals surface area contributed by atoms with Crippen LogP contribution in [0, 0.1) is 0 Å². The van der Waals surface area contributed by atoms with Crippen molar-refractivity contribution in [1.82, 2.24) is 0 Å². The first-order valence-corrected chi connectivity index (χ1v) is 6.98. The normalized spacial score (nSPS) is 15.6. The van der Waals surface area contributed by atoms with Gasteiger partial charge >= 0.3 is 0 Å². The molecule has 5 nitrogen and oxygen atoms in total. The minimum atomic E-state index is -0.524. The van der Waals surface area contributed by atoms with Crippen LogP contribution in [0.3, 0.4) is 0 Å². The zero-order valence-electron chi connectivity index (χ0n) is 12.5. The van der Waals surface area contributed by atoms with E-state index in [0.29, 0.717) is 23.6 Å². The Kier molecular flexibility index (Phi) is 3.87. The van der Waals surface area contributed by atoms with Gasteiger partial charge in [0.05, 0.1) is 19.9 Å². The summed E-state index contributed by atoms with van der Waals surface area (Å²) in [4.78, 5) is 12.4. The van der Waals surface area contributed by atoms with E-state index < -0.39 is 6.10 Å². The van der Waals surface area contributed by atoms with Crippen molar-refractivity contribution >= 4 is 11.6 Å². The molecule has 22 heavy (non-hydrogen) atoms. The molecule has 0 spiro atoms. The van der Waals surface area contributed by atoms with Gasteiger partial charge in [0.25, 0.3) is 5.91 Å². The molecule has 5 heteroatoms. The standard InChI is InChI=1S/C17H17NO4/c1-20-12-7-8-13(15(10-12)21-2)18-17(19)16-9-11-5-3-4-6-14(11)22-16/h3-8,10,16H,9H2,1-2H3,(H,18,19)/t16-/m1/s1. The summed E-state index contributed by atoms with van der Waals surface area (Å²) in [5, 5.41) is 2.85. The molecule has 0 fully saturated rings. The highest BCUT2D eigenvalue weighted by molar-refractivity contribution is 5.96. The van der Waals surface area contributed by atoms with E-state index in [9.17, 15) is 4.79 Å². The number of nitrogens with one attached hydrogen (secondary N) is 1. The van der Waals surface area contributed by atoms with Gasteiger partial charge in [0.1, 0.15) is 17.2 Å². The fourth-order valence-corrected chi connectivity index (χ4v) is 2.44. The van der Waals surface area contributed by atoms with Crippen LogP contribution in [-0.4, -0.2) is 26.2 Å². The number of methoxy groups -OCH3 is 2. The SMILES string of the molecule is COc1ccc(NC(=O)[C@H]2Cc3ccccc3O2)c(OC)c1. The number of benzene rings is 2. The summed E-state index contributed by atoms with van der Waals surface area (Å²) >= 11 is 0. The zero-order valence-corrected chi connectivity index (χ0v) is 12.5. The van der Waals surface area contributed by atoms with Gasteiger partial charge in [0.2, 0.25) is 0 Å². The van der Waals surface area contributed by atoms with Crippen LogP contribution < -0.4 is 19.5 Å². The summed E-state index contributed by atoms with van der Waals surface area (Å²) < 4.78 is 16.1. The lowest BCUT2D eigenvalue weighted by molar-refractivity contribution is -0.122. The molecule has 0 radical (unpaired) electrons. The van der Waals surface area contributed by atoms with Gasteiger partial charge in [-0.3, -0.25) is 4.79 Å². The Morgan fingerprint density at radius 1 is 1.18 bits per heavy atom. The van der Waals surface area contributed by atoms with E-state index in [0.717, 1.165) is 11.3 Å². The van der Waals surface area contributed by atoms with Crippen LogP contribution in [0.25, 0.3) is 0 Å². The highest BCUT2D eigenvalue weighted by Gasteiger charge is 2.29. The highest BCUT2D eigenvalue weighted by Crippen LogP contribution is 2.31. The Bertz CT molecular complexity index is 674. The van der Waals surface area contributed by atoms with Crippen LogP contribution in [0.15, 0.2) is 42.5 Å². The van der Waals surface area contributed by atoms with E-state index in [1.54, 1.807) is 32.4 Å². The van der Waals surface area contributed by atoms with Crippen molar-refractivity contribution in [2.75, 3.05) is 19.5 Å². The molecular weight excluding hydrogens is 282 g/mol. The zero-order chi connectivity index (χ0) is 15.5. The van der Waals surface area contributed by atoms with Gasteiger partial charge in [-0.2, -0.15) is 0 Å². The van der Waals surface area contributed by atoms with Gasteiger partial charge < -0.3 is 19.5 Å². The fraction of sp³-hybridized carbons (Fsp3) is 0.235. The van der Waals surface area contributed by atoms with E-state index in [1.165, 1.54) is 0 Å². The summed E-state index contributed by atoms with van der Waals surface area (Å²) in [6.45, 7) is 0. The lowest BCUT2D eigenvalue weighted by Gasteiger charge is -2.14. The van der Waals surface area contributed by atoms with Gasteiger partial charge in [-0.05, 0) is 23.8 Å². The summed E-state index contributed by atoms with van der Waals surface area (Å²) in [7, 11) is 3.13. The Morgan fingerprint density at radius 2 is 2.00 bits per heavy atom.